The predicted molar refractivity (Wildman–Crippen MR) is 66.8 cm³/mol. The van der Waals surface area contributed by atoms with Crippen molar-refractivity contribution in [1.82, 2.24) is 5.32 Å². The quantitative estimate of drug-likeness (QED) is 0.367. The average Bonchev–Trinajstić information content (AvgIpc) is 2.35. The molecule has 6 heteroatoms. The Balaban J connectivity index is 3.90. The van der Waals surface area contributed by atoms with Gasteiger partial charge in [-0.05, 0) is 19.3 Å². The van der Waals surface area contributed by atoms with Gasteiger partial charge in [-0.3, -0.25) is 4.79 Å². The number of aliphatic hydroxyl groups is 4. The van der Waals surface area contributed by atoms with E-state index in [0.717, 1.165) is 0 Å². The number of carbonyl (C=O) groups excluding carboxylic acids is 1. The van der Waals surface area contributed by atoms with Gasteiger partial charge in [0, 0.05) is 18.6 Å². The molecule has 6 nitrogen and oxygen atoms in total. The Bertz CT molecular complexity index is 245. The van der Waals surface area contributed by atoms with Crippen molar-refractivity contribution in [2.24, 2.45) is 5.41 Å². The summed E-state index contributed by atoms with van der Waals surface area (Å²) in [4.78, 5) is 11.6. The maximum atomic E-state index is 11.6. The zero-order valence-corrected chi connectivity index (χ0v) is 11.1. The molecule has 5 N–H and O–H groups in total. The third-order valence-corrected chi connectivity index (χ3v) is 2.87. The second-order valence-electron chi connectivity index (χ2n) is 5.15. The van der Waals surface area contributed by atoms with E-state index in [9.17, 15) is 15.0 Å². The molecule has 0 saturated carbocycles. The van der Waals surface area contributed by atoms with Crippen molar-refractivity contribution < 1.29 is 25.2 Å². The second-order valence-corrected chi connectivity index (χ2v) is 5.15. The van der Waals surface area contributed by atoms with E-state index in [-0.39, 0.29) is 19.8 Å². The molecule has 0 spiro atoms. The minimum absolute atomic E-state index is 0.0345. The summed E-state index contributed by atoms with van der Waals surface area (Å²) in [5, 5.41) is 39.3. The Morgan fingerprint density at radius 3 is 2.33 bits per heavy atom. The predicted octanol–water partition coefficient (Wildman–Crippen LogP) is -0.994. The van der Waals surface area contributed by atoms with Gasteiger partial charge in [-0.15, -0.1) is 0 Å². The van der Waals surface area contributed by atoms with Crippen LogP contribution in [0.4, 0.5) is 0 Å². The fourth-order valence-corrected chi connectivity index (χ4v) is 1.37. The van der Waals surface area contributed by atoms with Crippen molar-refractivity contribution >= 4 is 5.91 Å². The summed E-state index contributed by atoms with van der Waals surface area (Å²) in [6, 6.07) is 0. The SMILES string of the molecule is CC(C)(CO)[C@@H](O)C(=O)NCCC(O)CCCO. The summed E-state index contributed by atoms with van der Waals surface area (Å²) >= 11 is 0. The van der Waals surface area contributed by atoms with Gasteiger partial charge in [0.05, 0.1) is 12.7 Å². The van der Waals surface area contributed by atoms with Crippen LogP contribution < -0.4 is 5.32 Å². The smallest absolute Gasteiger partial charge is 0.249 e. The molecule has 0 bridgehead atoms. The van der Waals surface area contributed by atoms with E-state index < -0.39 is 23.5 Å². The Morgan fingerprint density at radius 1 is 1.22 bits per heavy atom. The van der Waals surface area contributed by atoms with Crippen LogP contribution in [0, 0.1) is 5.41 Å². The van der Waals surface area contributed by atoms with Crippen LogP contribution in [0.15, 0.2) is 0 Å². The molecule has 0 fully saturated rings. The molecule has 108 valence electrons. The molecule has 18 heavy (non-hydrogen) atoms. The van der Waals surface area contributed by atoms with E-state index in [0.29, 0.717) is 19.3 Å². The number of carbonyl (C=O) groups is 1. The van der Waals surface area contributed by atoms with E-state index in [1.54, 1.807) is 13.8 Å². The number of hydrogen-bond acceptors (Lipinski definition) is 5. The molecule has 0 aromatic heterocycles. The molecule has 0 radical (unpaired) electrons. The molecule has 0 saturated heterocycles. The van der Waals surface area contributed by atoms with Crippen LogP contribution in [0.1, 0.15) is 33.1 Å². The summed E-state index contributed by atoms with van der Waals surface area (Å²) in [5.41, 5.74) is -0.889. The maximum Gasteiger partial charge on any atom is 0.249 e. The highest BCUT2D eigenvalue weighted by atomic mass is 16.3. The molecule has 0 aromatic rings. The highest BCUT2D eigenvalue weighted by molar-refractivity contribution is 5.81. The van der Waals surface area contributed by atoms with Crippen molar-refractivity contribution in [1.29, 1.82) is 0 Å². The van der Waals surface area contributed by atoms with Crippen molar-refractivity contribution in [3.63, 3.8) is 0 Å². The first kappa shape index (κ1) is 17.3. The summed E-state index contributed by atoms with van der Waals surface area (Å²) < 4.78 is 0. The third-order valence-electron chi connectivity index (χ3n) is 2.87. The molecule has 1 amide bonds. The van der Waals surface area contributed by atoms with Crippen molar-refractivity contribution in [2.75, 3.05) is 19.8 Å². The van der Waals surface area contributed by atoms with Crippen LogP contribution in [-0.4, -0.2) is 58.3 Å². The van der Waals surface area contributed by atoms with Crippen molar-refractivity contribution in [3.8, 4) is 0 Å². The average molecular weight is 263 g/mol. The van der Waals surface area contributed by atoms with Crippen LogP contribution in [0.5, 0.6) is 0 Å². The summed E-state index contributed by atoms with van der Waals surface area (Å²) in [6.45, 7) is 3.18. The normalized spacial score (nSPS) is 15.2. The van der Waals surface area contributed by atoms with Gasteiger partial charge in [0.25, 0.3) is 0 Å². The number of rotatable bonds is 9. The van der Waals surface area contributed by atoms with Gasteiger partial charge in [0.2, 0.25) is 5.91 Å². The van der Waals surface area contributed by atoms with E-state index >= 15 is 0 Å². The van der Waals surface area contributed by atoms with E-state index in [1.807, 2.05) is 0 Å². The number of amides is 1. The van der Waals surface area contributed by atoms with Crippen molar-refractivity contribution in [3.05, 3.63) is 0 Å². The lowest BCUT2D eigenvalue weighted by molar-refractivity contribution is -0.137. The maximum absolute atomic E-state index is 11.6. The molecule has 0 aliphatic rings. The lowest BCUT2D eigenvalue weighted by Gasteiger charge is -2.27. The second kappa shape index (κ2) is 8.42. The molecule has 0 rings (SSSR count). The van der Waals surface area contributed by atoms with Crippen LogP contribution in [0.3, 0.4) is 0 Å². The minimum atomic E-state index is -1.28. The highest BCUT2D eigenvalue weighted by Gasteiger charge is 2.32. The van der Waals surface area contributed by atoms with Crippen molar-refractivity contribution in [2.45, 2.75) is 45.3 Å². The summed E-state index contributed by atoms with van der Waals surface area (Å²) in [5.74, 6) is -0.552. The zero-order valence-electron chi connectivity index (χ0n) is 11.1. The highest BCUT2D eigenvalue weighted by Crippen LogP contribution is 2.19. The first-order chi connectivity index (χ1) is 8.35. The van der Waals surface area contributed by atoms with Gasteiger partial charge in [-0.2, -0.15) is 0 Å². The molecular formula is C12H25NO5. The number of aliphatic hydroxyl groups excluding tert-OH is 4. The molecule has 0 aliphatic carbocycles. The van der Waals surface area contributed by atoms with Crippen LogP contribution in [0.2, 0.25) is 0 Å². The van der Waals surface area contributed by atoms with Gasteiger partial charge < -0.3 is 25.7 Å². The Morgan fingerprint density at radius 2 is 1.83 bits per heavy atom. The van der Waals surface area contributed by atoms with Gasteiger partial charge >= 0.3 is 0 Å². The molecule has 0 heterocycles. The molecule has 2 atom stereocenters. The largest absolute Gasteiger partial charge is 0.396 e. The lowest BCUT2D eigenvalue weighted by Crippen LogP contribution is -2.46. The number of nitrogens with one attached hydrogen (secondary N) is 1. The Hall–Kier alpha value is -0.690. The first-order valence-electron chi connectivity index (χ1n) is 6.20. The first-order valence-corrected chi connectivity index (χ1v) is 6.20. The molecule has 0 aliphatic heterocycles. The number of hydrogen-bond donors (Lipinski definition) is 5. The fourth-order valence-electron chi connectivity index (χ4n) is 1.37. The minimum Gasteiger partial charge on any atom is -0.396 e. The summed E-state index contributed by atoms with van der Waals surface area (Å²) in [7, 11) is 0. The lowest BCUT2D eigenvalue weighted by atomic mass is 9.87. The van der Waals surface area contributed by atoms with Crippen LogP contribution in [0.25, 0.3) is 0 Å². The van der Waals surface area contributed by atoms with Gasteiger partial charge in [-0.1, -0.05) is 13.8 Å². The van der Waals surface area contributed by atoms with Crippen LogP contribution in [-0.2, 0) is 4.79 Å². The van der Waals surface area contributed by atoms with Gasteiger partial charge in [0.15, 0.2) is 0 Å². The topological polar surface area (TPSA) is 110 Å². The van der Waals surface area contributed by atoms with Crippen LogP contribution >= 0.6 is 0 Å². The molecule has 0 aromatic carbocycles. The zero-order chi connectivity index (χ0) is 14.2. The molecular weight excluding hydrogens is 238 g/mol. The Kier molecular flexibility index (Phi) is 8.10. The van der Waals surface area contributed by atoms with E-state index in [1.165, 1.54) is 0 Å². The monoisotopic (exact) mass is 263 g/mol. The Labute approximate surface area is 108 Å². The van der Waals surface area contributed by atoms with Gasteiger partial charge in [-0.25, -0.2) is 0 Å². The third kappa shape index (κ3) is 6.30. The summed E-state index contributed by atoms with van der Waals surface area (Å²) in [6.07, 6.45) is -0.470. The molecule has 1 unspecified atom stereocenters. The standard InChI is InChI=1S/C12H25NO5/c1-12(2,8-15)10(17)11(18)13-6-5-9(16)4-3-7-14/h9-10,14-17H,3-8H2,1-2H3,(H,13,18)/t9?,10-/m0/s1. The van der Waals surface area contributed by atoms with E-state index in [4.69, 9.17) is 10.2 Å². The van der Waals surface area contributed by atoms with E-state index in [2.05, 4.69) is 5.32 Å². The van der Waals surface area contributed by atoms with Gasteiger partial charge in [0.1, 0.15) is 6.10 Å². The fraction of sp³-hybridized carbons (Fsp3) is 0.917.